The van der Waals surface area contributed by atoms with E-state index in [0.29, 0.717) is 28.3 Å². The van der Waals surface area contributed by atoms with Crippen molar-refractivity contribution in [3.8, 4) is 5.75 Å². The van der Waals surface area contributed by atoms with Gasteiger partial charge in [-0.05, 0) is 54.6 Å². The van der Waals surface area contributed by atoms with Crippen LogP contribution in [0.15, 0.2) is 72.8 Å². The summed E-state index contributed by atoms with van der Waals surface area (Å²) >= 11 is 0. The molecule has 3 N–H and O–H groups in total. The average Bonchev–Trinajstić information content (AvgIpc) is 2.78. The van der Waals surface area contributed by atoms with Gasteiger partial charge < -0.3 is 20.7 Å². The maximum atomic E-state index is 13.0. The van der Waals surface area contributed by atoms with Crippen LogP contribution in [0.5, 0.6) is 5.75 Å². The molecule has 0 aliphatic carbocycles. The van der Waals surface area contributed by atoms with Gasteiger partial charge in [-0.25, -0.2) is 4.39 Å². The van der Waals surface area contributed by atoms with Gasteiger partial charge in [-0.3, -0.25) is 14.4 Å². The maximum absolute atomic E-state index is 13.0. The topological polar surface area (TPSA) is 96.5 Å². The van der Waals surface area contributed by atoms with Crippen LogP contribution in [0.25, 0.3) is 0 Å². The van der Waals surface area contributed by atoms with Crippen LogP contribution in [0.4, 0.5) is 15.8 Å². The summed E-state index contributed by atoms with van der Waals surface area (Å²) in [5.74, 6) is -1.08. The molecule has 3 amide bonds. The first-order valence-electron chi connectivity index (χ1n) is 9.36. The molecule has 31 heavy (non-hydrogen) atoms. The van der Waals surface area contributed by atoms with Gasteiger partial charge in [-0.15, -0.1) is 0 Å². The van der Waals surface area contributed by atoms with E-state index in [-0.39, 0.29) is 18.4 Å². The van der Waals surface area contributed by atoms with E-state index in [1.807, 2.05) is 0 Å². The largest absolute Gasteiger partial charge is 0.484 e. The van der Waals surface area contributed by atoms with Gasteiger partial charge in [0.1, 0.15) is 11.6 Å². The standard InChI is InChI=1S/C23H20FN3O4/c1-25-21(28)14-31-20-7-3-6-19(13-20)27-23(30)16-4-2-5-18(12-16)26-22(29)15-8-10-17(24)11-9-15/h2-13H,14H2,1H3,(H,25,28)(H,26,29)(H,27,30). The Hall–Kier alpha value is -4.20. The van der Waals surface area contributed by atoms with Crippen molar-refractivity contribution in [1.29, 1.82) is 0 Å². The van der Waals surface area contributed by atoms with Gasteiger partial charge in [0.25, 0.3) is 17.7 Å². The normalized spacial score (nSPS) is 10.1. The minimum atomic E-state index is -0.432. The molecular formula is C23H20FN3O4. The molecule has 0 aromatic heterocycles. The van der Waals surface area contributed by atoms with Crippen LogP contribution in [-0.2, 0) is 4.79 Å². The molecule has 7 nitrogen and oxygen atoms in total. The van der Waals surface area contributed by atoms with Gasteiger partial charge in [0, 0.05) is 35.6 Å². The molecule has 0 saturated heterocycles. The number of likely N-dealkylation sites (N-methyl/N-ethyl adjacent to an activating group) is 1. The molecule has 0 saturated carbocycles. The lowest BCUT2D eigenvalue weighted by Gasteiger charge is -2.10. The number of hydrogen-bond donors (Lipinski definition) is 3. The van der Waals surface area contributed by atoms with E-state index in [9.17, 15) is 18.8 Å². The molecule has 0 heterocycles. The van der Waals surface area contributed by atoms with Crippen molar-refractivity contribution in [2.45, 2.75) is 0 Å². The first kappa shape index (κ1) is 21.5. The molecule has 0 fully saturated rings. The third kappa shape index (κ3) is 6.14. The van der Waals surface area contributed by atoms with Crippen molar-refractivity contribution < 1.29 is 23.5 Å². The van der Waals surface area contributed by atoms with Crippen molar-refractivity contribution >= 4 is 29.1 Å². The summed E-state index contributed by atoms with van der Waals surface area (Å²) in [6, 6.07) is 18.2. The minimum Gasteiger partial charge on any atom is -0.484 e. The number of benzene rings is 3. The minimum absolute atomic E-state index is 0.135. The predicted molar refractivity (Wildman–Crippen MR) is 115 cm³/mol. The highest BCUT2D eigenvalue weighted by Crippen LogP contribution is 2.19. The Kier molecular flexibility index (Phi) is 6.95. The zero-order chi connectivity index (χ0) is 22.2. The number of nitrogens with one attached hydrogen (secondary N) is 3. The summed E-state index contributed by atoms with van der Waals surface area (Å²) in [5, 5.41) is 7.88. The Morgan fingerprint density at radius 1 is 0.806 bits per heavy atom. The predicted octanol–water partition coefficient (Wildman–Crippen LogP) is 3.46. The fourth-order valence-electron chi connectivity index (χ4n) is 2.63. The highest BCUT2D eigenvalue weighted by atomic mass is 19.1. The van der Waals surface area contributed by atoms with Gasteiger partial charge in [-0.2, -0.15) is 0 Å². The summed E-state index contributed by atoms with van der Waals surface area (Å²) in [6.45, 7) is -0.135. The van der Waals surface area contributed by atoms with E-state index in [1.54, 1.807) is 42.5 Å². The molecule has 8 heteroatoms. The SMILES string of the molecule is CNC(=O)COc1cccc(NC(=O)c2cccc(NC(=O)c3ccc(F)cc3)c2)c1. The molecule has 0 unspecified atom stereocenters. The Morgan fingerprint density at radius 3 is 2.10 bits per heavy atom. The van der Waals surface area contributed by atoms with Crippen molar-refractivity contribution in [3.05, 3.63) is 89.7 Å². The molecule has 3 aromatic carbocycles. The summed E-state index contributed by atoms with van der Waals surface area (Å²) in [6.07, 6.45) is 0. The van der Waals surface area contributed by atoms with Gasteiger partial charge in [0.2, 0.25) is 0 Å². The van der Waals surface area contributed by atoms with Crippen LogP contribution in [0.3, 0.4) is 0 Å². The molecule has 0 aliphatic rings. The molecule has 158 valence electrons. The Labute approximate surface area is 178 Å². The van der Waals surface area contributed by atoms with E-state index in [4.69, 9.17) is 4.74 Å². The zero-order valence-electron chi connectivity index (χ0n) is 16.6. The molecule has 0 atom stereocenters. The molecule has 3 aromatic rings. The van der Waals surface area contributed by atoms with E-state index in [0.717, 1.165) is 0 Å². The zero-order valence-corrected chi connectivity index (χ0v) is 16.6. The molecule has 0 radical (unpaired) electrons. The van der Waals surface area contributed by atoms with Crippen molar-refractivity contribution in [2.75, 3.05) is 24.3 Å². The quantitative estimate of drug-likeness (QED) is 0.544. The molecule has 0 spiro atoms. The average molecular weight is 421 g/mol. The van der Waals surface area contributed by atoms with E-state index >= 15 is 0 Å². The van der Waals surface area contributed by atoms with E-state index < -0.39 is 11.7 Å². The van der Waals surface area contributed by atoms with Crippen molar-refractivity contribution in [2.24, 2.45) is 0 Å². The fourth-order valence-corrected chi connectivity index (χ4v) is 2.63. The smallest absolute Gasteiger partial charge is 0.257 e. The lowest BCUT2D eigenvalue weighted by Crippen LogP contribution is -2.24. The molecule has 0 bridgehead atoms. The third-order valence-corrected chi connectivity index (χ3v) is 4.23. The van der Waals surface area contributed by atoms with Gasteiger partial charge >= 0.3 is 0 Å². The summed E-state index contributed by atoms with van der Waals surface area (Å²) in [5.41, 5.74) is 1.53. The third-order valence-electron chi connectivity index (χ3n) is 4.23. The lowest BCUT2D eigenvalue weighted by atomic mass is 10.1. The Bertz CT molecular complexity index is 1100. The Balaban J connectivity index is 1.65. The molecule has 3 rings (SSSR count). The number of amides is 3. The highest BCUT2D eigenvalue weighted by molar-refractivity contribution is 6.07. The second-order valence-electron chi connectivity index (χ2n) is 6.49. The summed E-state index contributed by atoms with van der Waals surface area (Å²) in [7, 11) is 1.51. The van der Waals surface area contributed by atoms with Crippen LogP contribution in [0.2, 0.25) is 0 Å². The van der Waals surface area contributed by atoms with Crippen LogP contribution >= 0.6 is 0 Å². The highest BCUT2D eigenvalue weighted by Gasteiger charge is 2.11. The van der Waals surface area contributed by atoms with Crippen molar-refractivity contribution in [3.63, 3.8) is 0 Å². The van der Waals surface area contributed by atoms with E-state index in [1.165, 1.54) is 37.4 Å². The Morgan fingerprint density at radius 2 is 1.42 bits per heavy atom. The number of anilines is 2. The number of ether oxygens (including phenoxy) is 1. The second kappa shape index (κ2) is 10.0. The molecular weight excluding hydrogens is 401 g/mol. The molecule has 0 aliphatic heterocycles. The number of halogens is 1. The second-order valence-corrected chi connectivity index (χ2v) is 6.49. The first-order valence-corrected chi connectivity index (χ1v) is 9.36. The van der Waals surface area contributed by atoms with Gasteiger partial charge in [-0.1, -0.05) is 12.1 Å². The van der Waals surface area contributed by atoms with Gasteiger partial charge in [0.05, 0.1) is 0 Å². The van der Waals surface area contributed by atoms with Crippen molar-refractivity contribution in [1.82, 2.24) is 5.32 Å². The summed E-state index contributed by atoms with van der Waals surface area (Å²) < 4.78 is 18.4. The monoisotopic (exact) mass is 421 g/mol. The van der Waals surface area contributed by atoms with Crippen LogP contribution in [0, 0.1) is 5.82 Å². The van der Waals surface area contributed by atoms with Crippen LogP contribution in [-0.4, -0.2) is 31.4 Å². The maximum Gasteiger partial charge on any atom is 0.257 e. The fraction of sp³-hybridized carbons (Fsp3) is 0.0870. The van der Waals surface area contributed by atoms with E-state index in [2.05, 4.69) is 16.0 Å². The van der Waals surface area contributed by atoms with Gasteiger partial charge in [0.15, 0.2) is 6.61 Å². The number of carbonyl (C=O) groups is 3. The van der Waals surface area contributed by atoms with Crippen LogP contribution < -0.4 is 20.7 Å². The number of carbonyl (C=O) groups excluding carboxylic acids is 3. The van der Waals surface area contributed by atoms with Crippen LogP contribution in [0.1, 0.15) is 20.7 Å². The number of rotatable bonds is 7. The summed E-state index contributed by atoms with van der Waals surface area (Å²) in [4.78, 5) is 36.2. The number of hydrogen-bond acceptors (Lipinski definition) is 4. The lowest BCUT2D eigenvalue weighted by molar-refractivity contribution is -0.122. The first-order chi connectivity index (χ1) is 14.9.